The van der Waals surface area contributed by atoms with Crippen LogP contribution < -0.4 is 19.1 Å². The van der Waals surface area contributed by atoms with E-state index in [4.69, 9.17) is 9.47 Å². The van der Waals surface area contributed by atoms with E-state index in [-0.39, 0.29) is 35.5 Å². The number of anilines is 1. The zero-order valence-corrected chi connectivity index (χ0v) is 27.2. The fourth-order valence-corrected chi connectivity index (χ4v) is 6.64. The molecule has 9 nitrogen and oxygen atoms in total. The minimum atomic E-state index is -4.28. The van der Waals surface area contributed by atoms with Crippen LogP contribution in [0.25, 0.3) is 0 Å². The van der Waals surface area contributed by atoms with Crippen LogP contribution in [0.4, 0.5) is 10.1 Å². The first-order valence-corrected chi connectivity index (χ1v) is 17.0. The highest BCUT2D eigenvalue weighted by Gasteiger charge is 2.35. The molecule has 0 saturated heterocycles. The molecule has 0 radical (unpaired) electrons. The summed E-state index contributed by atoms with van der Waals surface area (Å²) in [5.41, 5.74) is 1.58. The lowest BCUT2D eigenvalue weighted by Crippen LogP contribution is -2.54. The predicted molar refractivity (Wildman–Crippen MR) is 177 cm³/mol. The average molecular weight is 660 g/mol. The number of nitrogens with zero attached hydrogens (tertiary/aromatic N) is 2. The highest BCUT2D eigenvalue weighted by atomic mass is 32.2. The molecule has 0 bridgehead atoms. The Balaban J connectivity index is 1.58. The van der Waals surface area contributed by atoms with Crippen molar-refractivity contribution in [3.63, 3.8) is 0 Å². The van der Waals surface area contributed by atoms with Gasteiger partial charge in [0.2, 0.25) is 11.8 Å². The van der Waals surface area contributed by atoms with E-state index in [1.165, 1.54) is 35.2 Å². The number of fused-ring (bicyclic) bond motifs is 1. The zero-order valence-electron chi connectivity index (χ0n) is 26.3. The fraction of sp³-hybridized carbons (Fsp3) is 0.278. The Bertz CT molecular complexity index is 1770. The molecule has 0 aliphatic carbocycles. The lowest BCUT2D eigenvalue weighted by Gasteiger charge is -2.34. The van der Waals surface area contributed by atoms with Crippen molar-refractivity contribution in [1.29, 1.82) is 0 Å². The highest BCUT2D eigenvalue weighted by Crippen LogP contribution is 2.36. The number of hydrogen-bond donors (Lipinski definition) is 1. The molecule has 11 heteroatoms. The van der Waals surface area contributed by atoms with Crippen LogP contribution in [0.3, 0.4) is 0 Å². The third-order valence-electron chi connectivity index (χ3n) is 7.96. The van der Waals surface area contributed by atoms with Crippen LogP contribution in [-0.4, -0.2) is 57.0 Å². The third kappa shape index (κ3) is 8.28. The third-order valence-corrected chi connectivity index (χ3v) is 9.75. The first-order valence-electron chi connectivity index (χ1n) is 15.5. The molecule has 47 heavy (non-hydrogen) atoms. The number of benzene rings is 4. The van der Waals surface area contributed by atoms with E-state index < -0.39 is 34.3 Å². The molecule has 2 atom stereocenters. The van der Waals surface area contributed by atoms with Crippen molar-refractivity contribution in [1.82, 2.24) is 10.2 Å². The quantitative estimate of drug-likeness (QED) is 0.208. The van der Waals surface area contributed by atoms with Crippen molar-refractivity contribution in [2.24, 2.45) is 0 Å². The minimum Gasteiger partial charge on any atom is -0.486 e. The van der Waals surface area contributed by atoms with E-state index in [0.29, 0.717) is 36.7 Å². The standard InChI is InChI=1S/C36H38FN3O6S/c1-3-26(2)38-36(42)32(22-27-10-6-4-7-11-27)39(24-28-14-16-29(37)17-15-28)35(41)25-40(47(43,44)31-12-8-5-9-13-31)30-18-19-33-34(23-30)46-21-20-45-33/h4-19,23,26,32H,3,20-22,24-25H2,1-2H3,(H,38,42)/t26-,32-/m1/s1. The Morgan fingerprint density at radius 2 is 1.49 bits per heavy atom. The molecule has 0 unspecified atom stereocenters. The van der Waals surface area contributed by atoms with Crippen LogP contribution in [0, 0.1) is 5.82 Å². The average Bonchev–Trinajstić information content (AvgIpc) is 3.09. The van der Waals surface area contributed by atoms with Gasteiger partial charge in [0.25, 0.3) is 10.0 Å². The smallest absolute Gasteiger partial charge is 0.264 e. The van der Waals surface area contributed by atoms with Gasteiger partial charge < -0.3 is 19.7 Å². The van der Waals surface area contributed by atoms with E-state index in [2.05, 4.69) is 5.32 Å². The summed E-state index contributed by atoms with van der Waals surface area (Å²) in [6.45, 7) is 3.78. The summed E-state index contributed by atoms with van der Waals surface area (Å²) in [6, 6.07) is 26.3. The number of amides is 2. The van der Waals surface area contributed by atoms with Gasteiger partial charge in [0.1, 0.15) is 31.6 Å². The number of carbonyl (C=O) groups excluding carboxylic acids is 2. The zero-order chi connectivity index (χ0) is 33.4. The largest absolute Gasteiger partial charge is 0.486 e. The lowest BCUT2D eigenvalue weighted by molar-refractivity contribution is -0.140. The second-order valence-corrected chi connectivity index (χ2v) is 13.2. The van der Waals surface area contributed by atoms with Crippen LogP contribution in [0.15, 0.2) is 108 Å². The maximum absolute atomic E-state index is 14.6. The molecule has 1 aliphatic heterocycles. The van der Waals surface area contributed by atoms with E-state index in [9.17, 15) is 22.4 Å². The van der Waals surface area contributed by atoms with Gasteiger partial charge in [0, 0.05) is 25.1 Å². The summed E-state index contributed by atoms with van der Waals surface area (Å²) in [5, 5.41) is 3.00. The second kappa shape index (κ2) is 15.1. The fourth-order valence-electron chi connectivity index (χ4n) is 5.22. The van der Waals surface area contributed by atoms with Gasteiger partial charge in [0.15, 0.2) is 11.5 Å². The number of rotatable bonds is 13. The summed E-state index contributed by atoms with van der Waals surface area (Å²) >= 11 is 0. The Kier molecular flexibility index (Phi) is 10.8. The summed E-state index contributed by atoms with van der Waals surface area (Å²) < 4.78 is 54.7. The summed E-state index contributed by atoms with van der Waals surface area (Å²) in [5.74, 6) is -0.626. The monoisotopic (exact) mass is 659 g/mol. The maximum atomic E-state index is 14.6. The van der Waals surface area contributed by atoms with Crippen molar-refractivity contribution in [2.45, 2.75) is 50.2 Å². The Morgan fingerprint density at radius 3 is 2.15 bits per heavy atom. The van der Waals surface area contributed by atoms with Crippen molar-refractivity contribution in [3.05, 3.63) is 120 Å². The lowest BCUT2D eigenvalue weighted by atomic mass is 10.0. The van der Waals surface area contributed by atoms with E-state index >= 15 is 0 Å². The number of hydrogen-bond acceptors (Lipinski definition) is 6. The summed E-state index contributed by atoms with van der Waals surface area (Å²) in [4.78, 5) is 29.8. The van der Waals surface area contributed by atoms with Gasteiger partial charge in [-0.1, -0.05) is 67.6 Å². The van der Waals surface area contributed by atoms with Crippen LogP contribution in [0.5, 0.6) is 11.5 Å². The number of nitrogens with one attached hydrogen (secondary N) is 1. The van der Waals surface area contributed by atoms with Gasteiger partial charge in [-0.05, 0) is 60.9 Å². The van der Waals surface area contributed by atoms with Crippen LogP contribution >= 0.6 is 0 Å². The molecule has 0 aromatic heterocycles. The maximum Gasteiger partial charge on any atom is 0.264 e. The van der Waals surface area contributed by atoms with Crippen molar-refractivity contribution in [2.75, 3.05) is 24.1 Å². The molecule has 1 N–H and O–H groups in total. The molecule has 4 aromatic rings. The topological polar surface area (TPSA) is 105 Å². The van der Waals surface area contributed by atoms with Gasteiger partial charge in [-0.15, -0.1) is 0 Å². The minimum absolute atomic E-state index is 0.0110. The molecule has 0 spiro atoms. The van der Waals surface area contributed by atoms with E-state index in [1.807, 2.05) is 44.2 Å². The van der Waals surface area contributed by atoms with Gasteiger partial charge in [-0.3, -0.25) is 13.9 Å². The van der Waals surface area contributed by atoms with Gasteiger partial charge in [-0.2, -0.15) is 0 Å². The molecule has 0 saturated carbocycles. The number of halogens is 1. The Hall–Kier alpha value is -4.90. The molecule has 4 aromatic carbocycles. The Labute approximate surface area is 275 Å². The molecule has 1 heterocycles. The summed E-state index contributed by atoms with van der Waals surface area (Å²) in [7, 11) is -4.28. The molecule has 1 aliphatic rings. The second-order valence-electron chi connectivity index (χ2n) is 11.3. The predicted octanol–water partition coefficient (Wildman–Crippen LogP) is 5.35. The molecular weight excluding hydrogens is 621 g/mol. The van der Waals surface area contributed by atoms with Crippen molar-refractivity contribution in [3.8, 4) is 11.5 Å². The SMILES string of the molecule is CC[C@@H](C)NC(=O)[C@@H](Cc1ccccc1)N(Cc1ccc(F)cc1)C(=O)CN(c1ccc2c(c1)OCCO2)S(=O)(=O)c1ccccc1. The van der Waals surface area contributed by atoms with Crippen LogP contribution in [0.1, 0.15) is 31.4 Å². The van der Waals surface area contributed by atoms with Crippen LogP contribution in [0.2, 0.25) is 0 Å². The highest BCUT2D eigenvalue weighted by molar-refractivity contribution is 7.92. The van der Waals surface area contributed by atoms with Gasteiger partial charge in [0.05, 0.1) is 10.6 Å². The summed E-state index contributed by atoms with van der Waals surface area (Å²) in [6.07, 6.45) is 0.842. The molecular formula is C36H38FN3O6S. The first kappa shape index (κ1) is 33.5. The van der Waals surface area contributed by atoms with Gasteiger partial charge >= 0.3 is 0 Å². The first-order chi connectivity index (χ1) is 22.7. The number of ether oxygens (including phenoxy) is 2. The molecule has 246 valence electrons. The number of sulfonamides is 1. The van der Waals surface area contributed by atoms with E-state index in [1.54, 1.807) is 42.5 Å². The Morgan fingerprint density at radius 1 is 0.851 bits per heavy atom. The van der Waals surface area contributed by atoms with Crippen LogP contribution in [-0.2, 0) is 32.6 Å². The number of carbonyl (C=O) groups is 2. The van der Waals surface area contributed by atoms with E-state index in [0.717, 1.165) is 9.87 Å². The normalized spacial score (nSPS) is 13.7. The van der Waals surface area contributed by atoms with Crippen molar-refractivity contribution >= 4 is 27.5 Å². The van der Waals surface area contributed by atoms with Gasteiger partial charge in [-0.25, -0.2) is 12.8 Å². The van der Waals surface area contributed by atoms with Crippen molar-refractivity contribution < 1.29 is 31.9 Å². The molecule has 5 rings (SSSR count). The molecule has 0 fully saturated rings. The molecule has 2 amide bonds.